The molecule has 0 unspecified atom stereocenters. The molecule has 1 aliphatic carbocycles. The van der Waals surface area contributed by atoms with Crippen LogP contribution in [-0.2, 0) is 4.79 Å². The zero-order valence-corrected chi connectivity index (χ0v) is 14.3. The minimum absolute atomic E-state index is 0.0375. The van der Waals surface area contributed by atoms with Crippen LogP contribution in [0.5, 0.6) is 0 Å². The van der Waals surface area contributed by atoms with Crippen LogP contribution < -0.4 is 11.1 Å². The largest absolute Gasteiger partial charge is 0.409 e. The Labute approximate surface area is 132 Å². The van der Waals surface area contributed by atoms with Crippen molar-refractivity contribution in [3.05, 3.63) is 0 Å². The first-order chi connectivity index (χ1) is 10.00. The van der Waals surface area contributed by atoms with Crippen molar-refractivity contribution in [2.45, 2.75) is 63.5 Å². The lowest BCUT2D eigenvalue weighted by Crippen LogP contribution is -2.54. The van der Waals surface area contributed by atoms with E-state index in [2.05, 4.69) is 16.7 Å². The molecule has 1 rings (SSSR count). The van der Waals surface area contributed by atoms with Gasteiger partial charge in [0.15, 0.2) is 5.84 Å². The quantitative estimate of drug-likeness (QED) is 0.264. The van der Waals surface area contributed by atoms with E-state index in [-0.39, 0.29) is 16.5 Å². The van der Waals surface area contributed by atoms with Gasteiger partial charge in [0.05, 0.1) is 0 Å². The highest BCUT2D eigenvalue weighted by Gasteiger charge is 2.43. The molecule has 0 radical (unpaired) electrons. The minimum Gasteiger partial charge on any atom is -0.409 e. The second-order valence-electron chi connectivity index (χ2n) is 5.99. The number of carbonyl (C=O) groups is 1. The van der Waals surface area contributed by atoms with Gasteiger partial charge in [0.1, 0.15) is 5.41 Å². The first-order valence-corrected chi connectivity index (χ1v) is 9.04. The van der Waals surface area contributed by atoms with E-state index in [1.807, 2.05) is 25.6 Å². The monoisotopic (exact) mass is 315 g/mol. The molecule has 0 spiro atoms. The standard InChI is InChI=1S/C15H29N3O2S/c1-4-7-15(8-5-2,12(16)18-20)13(19)17-11-14(21-3)9-6-10-14/h20H,4-11H2,1-3H3,(H2,16,18)(H,17,19). The summed E-state index contributed by atoms with van der Waals surface area (Å²) in [5.74, 6) is -0.0580. The van der Waals surface area contributed by atoms with Crippen molar-refractivity contribution in [3.63, 3.8) is 0 Å². The van der Waals surface area contributed by atoms with Crippen molar-refractivity contribution in [1.29, 1.82) is 0 Å². The number of oxime groups is 1. The zero-order valence-electron chi connectivity index (χ0n) is 13.4. The summed E-state index contributed by atoms with van der Waals surface area (Å²) < 4.78 is 0.185. The molecule has 1 aliphatic rings. The van der Waals surface area contributed by atoms with Crippen LogP contribution in [0.15, 0.2) is 5.16 Å². The zero-order chi connectivity index (χ0) is 15.9. The van der Waals surface area contributed by atoms with E-state index in [4.69, 9.17) is 10.9 Å². The van der Waals surface area contributed by atoms with Crippen molar-refractivity contribution in [2.75, 3.05) is 12.8 Å². The molecular formula is C15H29N3O2S. The Balaban J connectivity index is 2.83. The summed E-state index contributed by atoms with van der Waals surface area (Å²) in [7, 11) is 0. The summed E-state index contributed by atoms with van der Waals surface area (Å²) in [4.78, 5) is 12.8. The molecule has 0 aliphatic heterocycles. The van der Waals surface area contributed by atoms with Gasteiger partial charge in [-0.2, -0.15) is 11.8 Å². The van der Waals surface area contributed by atoms with Gasteiger partial charge in [0.2, 0.25) is 5.91 Å². The first-order valence-electron chi connectivity index (χ1n) is 7.81. The van der Waals surface area contributed by atoms with Gasteiger partial charge >= 0.3 is 0 Å². The van der Waals surface area contributed by atoms with Crippen LogP contribution in [0.1, 0.15) is 58.8 Å². The van der Waals surface area contributed by atoms with Crippen LogP contribution in [0.4, 0.5) is 0 Å². The van der Waals surface area contributed by atoms with Gasteiger partial charge in [0.25, 0.3) is 0 Å². The van der Waals surface area contributed by atoms with Gasteiger partial charge in [0, 0.05) is 11.3 Å². The average Bonchev–Trinajstić information content (AvgIpc) is 2.45. The number of hydrogen-bond acceptors (Lipinski definition) is 4. The lowest BCUT2D eigenvalue weighted by molar-refractivity contribution is -0.128. The van der Waals surface area contributed by atoms with Gasteiger partial charge in [-0.25, -0.2) is 0 Å². The molecule has 6 heteroatoms. The number of hydrogen-bond donors (Lipinski definition) is 3. The van der Waals surface area contributed by atoms with Crippen LogP contribution in [0, 0.1) is 5.41 Å². The fraction of sp³-hybridized carbons (Fsp3) is 0.867. The first kappa shape index (κ1) is 18.1. The fourth-order valence-electron chi connectivity index (χ4n) is 3.11. The summed E-state index contributed by atoms with van der Waals surface area (Å²) in [5, 5.41) is 15.3. The highest BCUT2D eigenvalue weighted by atomic mass is 32.2. The molecule has 1 saturated carbocycles. The smallest absolute Gasteiger partial charge is 0.234 e. The minimum atomic E-state index is -0.873. The molecular weight excluding hydrogens is 286 g/mol. The van der Waals surface area contributed by atoms with Gasteiger partial charge < -0.3 is 16.3 Å². The number of nitrogens with two attached hydrogens (primary N) is 1. The highest BCUT2D eigenvalue weighted by Crippen LogP contribution is 2.42. The van der Waals surface area contributed by atoms with E-state index < -0.39 is 5.41 Å². The van der Waals surface area contributed by atoms with Crippen LogP contribution in [-0.4, -0.2) is 34.5 Å². The van der Waals surface area contributed by atoms with Crippen molar-refractivity contribution in [1.82, 2.24) is 5.32 Å². The fourth-order valence-corrected chi connectivity index (χ4v) is 4.02. The number of amidine groups is 1. The molecule has 0 aromatic heterocycles. The number of nitrogens with one attached hydrogen (secondary N) is 1. The van der Waals surface area contributed by atoms with E-state index in [1.54, 1.807) is 0 Å². The van der Waals surface area contributed by atoms with Crippen LogP contribution in [0.2, 0.25) is 0 Å². The lowest BCUT2D eigenvalue weighted by atomic mass is 9.76. The maximum atomic E-state index is 12.8. The van der Waals surface area contributed by atoms with Gasteiger partial charge in [-0.3, -0.25) is 4.79 Å². The van der Waals surface area contributed by atoms with Crippen molar-refractivity contribution in [2.24, 2.45) is 16.3 Å². The van der Waals surface area contributed by atoms with Crippen LogP contribution in [0.25, 0.3) is 0 Å². The SMILES string of the molecule is CCCC(CCC)(C(=O)NCC1(SC)CCC1)C(N)=NO. The second-order valence-corrected chi connectivity index (χ2v) is 7.26. The van der Waals surface area contributed by atoms with Gasteiger partial charge in [-0.1, -0.05) is 38.3 Å². The predicted molar refractivity (Wildman–Crippen MR) is 88.8 cm³/mol. The van der Waals surface area contributed by atoms with Crippen LogP contribution in [0.3, 0.4) is 0 Å². The Morgan fingerprint density at radius 2 is 1.95 bits per heavy atom. The van der Waals surface area contributed by atoms with Crippen molar-refractivity contribution in [3.8, 4) is 0 Å². The van der Waals surface area contributed by atoms with E-state index >= 15 is 0 Å². The second kappa shape index (κ2) is 7.92. The summed E-state index contributed by atoms with van der Waals surface area (Å²) in [6.07, 6.45) is 8.46. The molecule has 4 N–H and O–H groups in total. The Morgan fingerprint density at radius 1 is 1.38 bits per heavy atom. The molecule has 1 amide bonds. The molecule has 0 bridgehead atoms. The maximum Gasteiger partial charge on any atom is 0.234 e. The summed E-state index contributed by atoms with van der Waals surface area (Å²) >= 11 is 1.83. The third-order valence-corrected chi connectivity index (χ3v) is 6.07. The normalized spacial score (nSPS) is 18.1. The van der Waals surface area contributed by atoms with E-state index in [0.717, 1.165) is 25.7 Å². The summed E-state index contributed by atoms with van der Waals surface area (Å²) in [5.41, 5.74) is 5.00. The number of rotatable bonds is 9. The molecule has 21 heavy (non-hydrogen) atoms. The molecule has 0 aromatic rings. The molecule has 5 nitrogen and oxygen atoms in total. The number of thioether (sulfide) groups is 1. The third kappa shape index (κ3) is 3.84. The molecule has 0 saturated heterocycles. The predicted octanol–water partition coefficient (Wildman–Crippen LogP) is 2.72. The van der Waals surface area contributed by atoms with E-state index in [1.165, 1.54) is 6.42 Å². The van der Waals surface area contributed by atoms with Crippen molar-refractivity contribution < 1.29 is 10.0 Å². The van der Waals surface area contributed by atoms with E-state index in [0.29, 0.717) is 19.4 Å². The molecule has 1 fully saturated rings. The Hall–Kier alpha value is -0.910. The lowest BCUT2D eigenvalue weighted by Gasteiger charge is -2.41. The molecule has 0 heterocycles. The average molecular weight is 315 g/mol. The highest BCUT2D eigenvalue weighted by molar-refractivity contribution is 8.00. The Kier molecular flexibility index (Phi) is 6.84. The summed E-state index contributed by atoms with van der Waals surface area (Å²) in [6, 6.07) is 0. The summed E-state index contributed by atoms with van der Waals surface area (Å²) in [6.45, 7) is 4.69. The number of nitrogens with zero attached hydrogens (tertiary/aromatic N) is 1. The number of carbonyl (C=O) groups excluding carboxylic acids is 1. The van der Waals surface area contributed by atoms with E-state index in [9.17, 15) is 4.79 Å². The van der Waals surface area contributed by atoms with Gasteiger partial charge in [-0.15, -0.1) is 0 Å². The molecule has 0 atom stereocenters. The van der Waals surface area contributed by atoms with Gasteiger partial charge in [-0.05, 0) is 31.9 Å². The topological polar surface area (TPSA) is 87.7 Å². The Bertz CT molecular complexity index is 370. The molecule has 0 aromatic carbocycles. The Morgan fingerprint density at radius 3 is 2.29 bits per heavy atom. The number of amides is 1. The maximum absolute atomic E-state index is 12.8. The third-order valence-electron chi connectivity index (χ3n) is 4.66. The molecule has 122 valence electrons. The van der Waals surface area contributed by atoms with Crippen molar-refractivity contribution >= 4 is 23.5 Å². The van der Waals surface area contributed by atoms with Crippen LogP contribution >= 0.6 is 11.8 Å².